The molecule has 26 heavy (non-hydrogen) atoms. The van der Waals surface area contributed by atoms with Crippen molar-refractivity contribution in [3.05, 3.63) is 65.2 Å². The highest BCUT2D eigenvalue weighted by atomic mass is 16.5. The third-order valence-corrected chi connectivity index (χ3v) is 4.06. The number of hydrogen-bond acceptors (Lipinski definition) is 3. The number of carbonyl (C=O) groups is 1. The van der Waals surface area contributed by atoms with Crippen LogP contribution < -0.4 is 10.1 Å². The molecular weight excluding hydrogens is 326 g/mol. The molecule has 0 fully saturated rings. The molecule has 0 spiro atoms. The van der Waals surface area contributed by atoms with Crippen molar-refractivity contribution in [1.29, 1.82) is 0 Å². The molecule has 1 N–H and O–H groups in total. The number of nitrogens with one attached hydrogen (secondary N) is 1. The number of aryl methyl sites for hydroxylation is 1. The lowest BCUT2D eigenvalue weighted by Gasteiger charge is -2.13. The molecule has 0 saturated carbocycles. The summed E-state index contributed by atoms with van der Waals surface area (Å²) in [7, 11) is 0. The van der Waals surface area contributed by atoms with Gasteiger partial charge in [-0.05, 0) is 49.9 Å². The average Bonchev–Trinajstić information content (AvgIpc) is 2.65. The zero-order valence-electron chi connectivity index (χ0n) is 16.0. The minimum absolute atomic E-state index is 0.0379. The van der Waals surface area contributed by atoms with Crippen molar-refractivity contribution in [3.63, 3.8) is 0 Å². The Labute approximate surface area is 156 Å². The first-order valence-corrected chi connectivity index (χ1v) is 9.26. The van der Waals surface area contributed by atoms with Crippen LogP contribution in [0.2, 0.25) is 0 Å². The monoisotopic (exact) mass is 355 g/mol. The number of para-hydroxylation sites is 1. The van der Waals surface area contributed by atoms with Gasteiger partial charge in [0.2, 0.25) is 5.91 Å². The van der Waals surface area contributed by atoms with Crippen LogP contribution in [-0.4, -0.2) is 18.6 Å². The summed E-state index contributed by atoms with van der Waals surface area (Å²) in [6.45, 7) is 7.70. The fraction of sp³-hybridized carbons (Fsp3) is 0.409. The summed E-state index contributed by atoms with van der Waals surface area (Å²) in [6.07, 6.45) is 1.29. The van der Waals surface area contributed by atoms with Crippen molar-refractivity contribution in [3.8, 4) is 5.75 Å². The Morgan fingerprint density at radius 3 is 2.35 bits per heavy atom. The molecule has 4 nitrogen and oxygen atoms in total. The summed E-state index contributed by atoms with van der Waals surface area (Å²) >= 11 is 0. The van der Waals surface area contributed by atoms with Crippen molar-refractivity contribution in [2.75, 3.05) is 6.61 Å². The summed E-state index contributed by atoms with van der Waals surface area (Å²) < 4.78 is 11.3. The molecule has 0 aliphatic heterocycles. The van der Waals surface area contributed by atoms with Crippen molar-refractivity contribution >= 4 is 5.91 Å². The van der Waals surface area contributed by atoms with Crippen LogP contribution in [0.5, 0.6) is 5.75 Å². The molecule has 0 unspecified atom stereocenters. The van der Waals surface area contributed by atoms with Gasteiger partial charge < -0.3 is 14.8 Å². The van der Waals surface area contributed by atoms with Crippen molar-refractivity contribution in [2.45, 2.75) is 52.9 Å². The Morgan fingerprint density at radius 1 is 1.00 bits per heavy atom. The van der Waals surface area contributed by atoms with E-state index in [-0.39, 0.29) is 12.0 Å². The van der Waals surface area contributed by atoms with E-state index in [4.69, 9.17) is 9.47 Å². The maximum absolute atomic E-state index is 12.3. The Bertz CT molecular complexity index is 697. The van der Waals surface area contributed by atoms with Gasteiger partial charge in [-0.1, -0.05) is 42.5 Å². The first-order chi connectivity index (χ1) is 12.6. The van der Waals surface area contributed by atoms with E-state index in [0.717, 1.165) is 22.4 Å². The molecule has 1 amide bonds. The minimum atomic E-state index is 0.0379. The molecule has 140 valence electrons. The number of benzene rings is 2. The number of carbonyl (C=O) groups excluding carboxylic acids is 1. The molecule has 0 aromatic heterocycles. The van der Waals surface area contributed by atoms with Crippen molar-refractivity contribution in [2.24, 2.45) is 0 Å². The van der Waals surface area contributed by atoms with Crippen LogP contribution in [0.25, 0.3) is 0 Å². The number of ether oxygens (including phenoxy) is 2. The molecular formula is C22H29NO3. The highest BCUT2D eigenvalue weighted by Gasteiger charge is 2.08. The third kappa shape index (κ3) is 6.52. The van der Waals surface area contributed by atoms with E-state index >= 15 is 0 Å². The number of hydrogen-bond donors (Lipinski definition) is 1. The Morgan fingerprint density at radius 2 is 1.65 bits per heavy atom. The summed E-state index contributed by atoms with van der Waals surface area (Å²) in [5, 5.41) is 3.01. The highest BCUT2D eigenvalue weighted by Crippen LogP contribution is 2.19. The van der Waals surface area contributed by atoms with Crippen LogP contribution in [0, 0.1) is 0 Å². The van der Waals surface area contributed by atoms with E-state index in [2.05, 4.69) is 5.32 Å². The van der Waals surface area contributed by atoms with Gasteiger partial charge in [-0.2, -0.15) is 0 Å². The second kappa shape index (κ2) is 10.6. The Balaban J connectivity index is 1.86. The summed E-state index contributed by atoms with van der Waals surface area (Å²) in [6, 6.07) is 15.9. The third-order valence-electron chi connectivity index (χ3n) is 4.06. The molecule has 2 aromatic rings. The maximum Gasteiger partial charge on any atom is 0.220 e. The lowest BCUT2D eigenvalue weighted by molar-refractivity contribution is -0.121. The van der Waals surface area contributed by atoms with Gasteiger partial charge in [-0.25, -0.2) is 0 Å². The molecule has 0 atom stereocenters. The number of rotatable bonds is 10. The quantitative estimate of drug-likeness (QED) is 0.693. The SMILES string of the molecule is CCOc1ccccc1CCC(=O)NCc1ccccc1COC(C)C. The fourth-order valence-electron chi connectivity index (χ4n) is 2.66. The van der Waals surface area contributed by atoms with Gasteiger partial charge >= 0.3 is 0 Å². The molecule has 2 rings (SSSR count). The molecule has 2 aromatic carbocycles. The largest absolute Gasteiger partial charge is 0.494 e. The standard InChI is InChI=1S/C22H29NO3/c1-4-25-21-12-8-7-9-18(21)13-14-22(24)23-15-19-10-5-6-11-20(19)16-26-17(2)3/h5-12,17H,4,13-16H2,1-3H3,(H,23,24). The first-order valence-electron chi connectivity index (χ1n) is 9.26. The lowest BCUT2D eigenvalue weighted by Crippen LogP contribution is -2.23. The van der Waals surface area contributed by atoms with Crippen molar-refractivity contribution < 1.29 is 14.3 Å². The van der Waals surface area contributed by atoms with Crippen LogP contribution in [-0.2, 0) is 29.1 Å². The highest BCUT2D eigenvalue weighted by molar-refractivity contribution is 5.76. The molecule has 0 heterocycles. The first kappa shape index (κ1) is 20.0. The normalized spacial score (nSPS) is 10.8. The molecule has 0 saturated heterocycles. The predicted molar refractivity (Wildman–Crippen MR) is 104 cm³/mol. The van der Waals surface area contributed by atoms with Crippen LogP contribution in [0.4, 0.5) is 0 Å². The maximum atomic E-state index is 12.3. The van der Waals surface area contributed by atoms with Gasteiger partial charge in [0.25, 0.3) is 0 Å². The van der Waals surface area contributed by atoms with Gasteiger partial charge in [0, 0.05) is 13.0 Å². The summed E-state index contributed by atoms with van der Waals surface area (Å²) in [5.74, 6) is 0.898. The van der Waals surface area contributed by atoms with Crippen molar-refractivity contribution in [1.82, 2.24) is 5.32 Å². The van der Waals surface area contributed by atoms with E-state index in [1.54, 1.807) is 0 Å². The second-order valence-corrected chi connectivity index (χ2v) is 6.45. The van der Waals surface area contributed by atoms with Gasteiger partial charge in [-0.15, -0.1) is 0 Å². The van der Waals surface area contributed by atoms with E-state index in [1.165, 1.54) is 0 Å². The van der Waals surface area contributed by atoms with Gasteiger partial charge in [0.15, 0.2) is 0 Å². The molecule has 0 aliphatic rings. The fourth-order valence-corrected chi connectivity index (χ4v) is 2.66. The molecule has 4 heteroatoms. The predicted octanol–water partition coefficient (Wildman–Crippen LogP) is 4.26. The van der Waals surface area contributed by atoms with Crippen LogP contribution in [0.15, 0.2) is 48.5 Å². The van der Waals surface area contributed by atoms with E-state index < -0.39 is 0 Å². The summed E-state index contributed by atoms with van der Waals surface area (Å²) in [4.78, 5) is 12.3. The zero-order valence-corrected chi connectivity index (χ0v) is 16.0. The molecule has 0 radical (unpaired) electrons. The molecule has 0 bridgehead atoms. The van der Waals surface area contributed by atoms with E-state index in [1.807, 2.05) is 69.3 Å². The average molecular weight is 355 g/mol. The Kier molecular flexibility index (Phi) is 8.16. The van der Waals surface area contributed by atoms with Gasteiger partial charge in [-0.3, -0.25) is 4.79 Å². The Hall–Kier alpha value is -2.33. The molecule has 0 aliphatic carbocycles. The van der Waals surface area contributed by atoms with E-state index in [0.29, 0.717) is 32.6 Å². The lowest BCUT2D eigenvalue weighted by atomic mass is 10.1. The zero-order chi connectivity index (χ0) is 18.8. The van der Waals surface area contributed by atoms with E-state index in [9.17, 15) is 4.79 Å². The van der Waals surface area contributed by atoms with Crippen LogP contribution >= 0.6 is 0 Å². The number of amides is 1. The topological polar surface area (TPSA) is 47.6 Å². The van der Waals surface area contributed by atoms with Gasteiger partial charge in [0.05, 0.1) is 19.3 Å². The van der Waals surface area contributed by atoms with Crippen LogP contribution in [0.3, 0.4) is 0 Å². The van der Waals surface area contributed by atoms with Gasteiger partial charge in [0.1, 0.15) is 5.75 Å². The smallest absolute Gasteiger partial charge is 0.220 e. The van der Waals surface area contributed by atoms with Crippen LogP contribution in [0.1, 0.15) is 43.9 Å². The minimum Gasteiger partial charge on any atom is -0.494 e. The second-order valence-electron chi connectivity index (χ2n) is 6.45. The summed E-state index contributed by atoms with van der Waals surface area (Å²) in [5.41, 5.74) is 3.27.